The number of aromatic nitrogens is 2. The summed E-state index contributed by atoms with van der Waals surface area (Å²) >= 11 is 0. The normalized spacial score (nSPS) is 12.4. The van der Waals surface area contributed by atoms with E-state index in [1.54, 1.807) is 0 Å². The molecular weight excluding hydrogens is 236 g/mol. The highest BCUT2D eigenvalue weighted by molar-refractivity contribution is 5.58. The van der Waals surface area contributed by atoms with Crippen LogP contribution in [0.2, 0.25) is 0 Å². The zero-order valence-electron chi connectivity index (χ0n) is 13.6. The number of nitrogens with one attached hydrogen (secondary N) is 2. The van der Waals surface area contributed by atoms with Crippen molar-refractivity contribution in [1.29, 1.82) is 0 Å². The lowest BCUT2D eigenvalue weighted by Gasteiger charge is -2.28. The van der Waals surface area contributed by atoms with E-state index >= 15 is 0 Å². The van der Waals surface area contributed by atoms with E-state index in [1.165, 1.54) is 0 Å². The van der Waals surface area contributed by atoms with Crippen LogP contribution in [0, 0.1) is 6.92 Å². The summed E-state index contributed by atoms with van der Waals surface area (Å²) in [6, 6.07) is 0. The zero-order valence-corrected chi connectivity index (χ0v) is 13.6. The van der Waals surface area contributed by atoms with Crippen molar-refractivity contribution >= 4 is 11.6 Å². The largest absolute Gasteiger partial charge is 0.373 e. The summed E-state index contributed by atoms with van der Waals surface area (Å²) in [6.45, 7) is 15.0. The molecule has 0 aromatic carbocycles. The summed E-state index contributed by atoms with van der Waals surface area (Å²) in [5.41, 5.74) is 1.03. The maximum absolute atomic E-state index is 4.72. The van der Waals surface area contributed by atoms with Gasteiger partial charge in [-0.15, -0.1) is 0 Å². The molecule has 0 spiro atoms. The van der Waals surface area contributed by atoms with Crippen LogP contribution >= 0.6 is 0 Å². The lowest BCUT2D eigenvalue weighted by molar-refractivity contribution is 0.529. The van der Waals surface area contributed by atoms with Gasteiger partial charge in [-0.05, 0) is 27.2 Å². The summed E-state index contributed by atoms with van der Waals surface area (Å²) in [5.74, 6) is 2.68. The fourth-order valence-electron chi connectivity index (χ4n) is 1.63. The lowest BCUT2D eigenvalue weighted by Crippen LogP contribution is -2.31. The third kappa shape index (κ3) is 3.82. The molecule has 2 N–H and O–H groups in total. The smallest absolute Gasteiger partial charge is 0.138 e. The van der Waals surface area contributed by atoms with E-state index in [2.05, 4.69) is 57.2 Å². The first-order chi connectivity index (χ1) is 8.60. The molecular formula is C15H28N4. The molecule has 0 aliphatic carbocycles. The number of nitrogens with zero attached hydrogens (tertiary/aromatic N) is 2. The molecule has 0 radical (unpaired) electrons. The van der Waals surface area contributed by atoms with Gasteiger partial charge in [0.25, 0.3) is 0 Å². The van der Waals surface area contributed by atoms with Gasteiger partial charge in [-0.25, -0.2) is 9.97 Å². The Hall–Kier alpha value is -1.32. The first-order valence-corrected chi connectivity index (χ1v) is 6.96. The number of hydrogen-bond acceptors (Lipinski definition) is 4. The summed E-state index contributed by atoms with van der Waals surface area (Å²) in [6.07, 6.45) is 1.04. The molecule has 0 atom stereocenters. The van der Waals surface area contributed by atoms with Crippen molar-refractivity contribution in [2.45, 2.75) is 65.8 Å². The van der Waals surface area contributed by atoms with E-state index in [4.69, 9.17) is 4.98 Å². The van der Waals surface area contributed by atoms with Gasteiger partial charge >= 0.3 is 0 Å². The second kappa shape index (κ2) is 5.35. The summed E-state index contributed by atoms with van der Waals surface area (Å²) in [7, 11) is 1.90. The minimum Gasteiger partial charge on any atom is -0.373 e. The van der Waals surface area contributed by atoms with E-state index in [0.717, 1.165) is 29.4 Å². The molecule has 1 aromatic rings. The zero-order chi connectivity index (χ0) is 14.8. The van der Waals surface area contributed by atoms with Crippen molar-refractivity contribution in [2.24, 2.45) is 0 Å². The SMILES string of the molecule is CCC(C)(C)Nc1nc(C(C)(C)C)nc(NC)c1C. The Labute approximate surface area is 117 Å². The Morgan fingerprint density at radius 2 is 1.53 bits per heavy atom. The number of hydrogen-bond donors (Lipinski definition) is 2. The highest BCUT2D eigenvalue weighted by atomic mass is 15.1. The van der Waals surface area contributed by atoms with Gasteiger partial charge in [0.15, 0.2) is 0 Å². The minimum absolute atomic E-state index is 0.0271. The van der Waals surface area contributed by atoms with E-state index in [-0.39, 0.29) is 11.0 Å². The van der Waals surface area contributed by atoms with Crippen LogP contribution in [-0.4, -0.2) is 22.6 Å². The van der Waals surface area contributed by atoms with Gasteiger partial charge in [-0.1, -0.05) is 27.7 Å². The van der Waals surface area contributed by atoms with Crippen molar-refractivity contribution in [2.75, 3.05) is 17.7 Å². The van der Waals surface area contributed by atoms with Gasteiger partial charge in [0, 0.05) is 23.6 Å². The molecule has 0 amide bonds. The Bertz CT molecular complexity index is 444. The van der Waals surface area contributed by atoms with Gasteiger partial charge in [-0.2, -0.15) is 0 Å². The van der Waals surface area contributed by atoms with Gasteiger partial charge in [-0.3, -0.25) is 0 Å². The van der Waals surface area contributed by atoms with Crippen molar-refractivity contribution in [1.82, 2.24) is 9.97 Å². The second-order valence-corrected chi connectivity index (χ2v) is 6.73. The van der Waals surface area contributed by atoms with Crippen LogP contribution in [0.5, 0.6) is 0 Å². The second-order valence-electron chi connectivity index (χ2n) is 6.73. The Morgan fingerprint density at radius 3 is 1.95 bits per heavy atom. The Kier molecular flexibility index (Phi) is 4.43. The molecule has 0 unspecified atom stereocenters. The molecule has 1 aromatic heterocycles. The fourth-order valence-corrected chi connectivity index (χ4v) is 1.63. The predicted molar refractivity (Wildman–Crippen MR) is 83.0 cm³/mol. The molecule has 108 valence electrons. The standard InChI is InChI=1S/C15H28N4/c1-9-15(6,7)19-12-10(2)11(16-8)17-13(18-12)14(3,4)5/h9H2,1-8H3,(H2,16,17,18,19). The van der Waals surface area contributed by atoms with E-state index in [9.17, 15) is 0 Å². The van der Waals surface area contributed by atoms with Gasteiger partial charge in [0.05, 0.1) is 0 Å². The molecule has 0 saturated carbocycles. The molecule has 0 bridgehead atoms. The third-order valence-corrected chi connectivity index (χ3v) is 3.39. The van der Waals surface area contributed by atoms with Crippen molar-refractivity contribution in [3.8, 4) is 0 Å². The van der Waals surface area contributed by atoms with E-state index in [0.29, 0.717) is 0 Å². The van der Waals surface area contributed by atoms with E-state index < -0.39 is 0 Å². The average Bonchev–Trinajstić information content (AvgIpc) is 2.30. The van der Waals surface area contributed by atoms with Gasteiger partial charge < -0.3 is 10.6 Å². The van der Waals surface area contributed by atoms with Crippen molar-refractivity contribution in [3.05, 3.63) is 11.4 Å². The molecule has 0 aliphatic rings. The topological polar surface area (TPSA) is 49.8 Å². The molecule has 1 rings (SSSR count). The first-order valence-electron chi connectivity index (χ1n) is 6.96. The summed E-state index contributed by atoms with van der Waals surface area (Å²) in [4.78, 5) is 9.34. The average molecular weight is 264 g/mol. The quantitative estimate of drug-likeness (QED) is 0.870. The maximum atomic E-state index is 4.72. The first kappa shape index (κ1) is 15.7. The molecule has 1 heterocycles. The molecule has 4 nitrogen and oxygen atoms in total. The van der Waals surface area contributed by atoms with Crippen molar-refractivity contribution in [3.63, 3.8) is 0 Å². The van der Waals surface area contributed by atoms with Crippen molar-refractivity contribution < 1.29 is 0 Å². The highest BCUT2D eigenvalue weighted by Crippen LogP contribution is 2.28. The van der Waals surface area contributed by atoms with E-state index in [1.807, 2.05) is 14.0 Å². The highest BCUT2D eigenvalue weighted by Gasteiger charge is 2.23. The maximum Gasteiger partial charge on any atom is 0.138 e. The molecule has 4 heteroatoms. The van der Waals surface area contributed by atoms with Gasteiger partial charge in [0.1, 0.15) is 17.5 Å². The van der Waals surface area contributed by atoms with Crippen LogP contribution in [0.1, 0.15) is 59.4 Å². The fraction of sp³-hybridized carbons (Fsp3) is 0.733. The molecule has 0 aliphatic heterocycles. The van der Waals surface area contributed by atoms with Gasteiger partial charge in [0.2, 0.25) is 0 Å². The monoisotopic (exact) mass is 264 g/mol. The molecule has 19 heavy (non-hydrogen) atoms. The minimum atomic E-state index is -0.0634. The number of anilines is 2. The number of rotatable bonds is 4. The summed E-state index contributed by atoms with van der Waals surface area (Å²) in [5, 5.41) is 6.69. The Morgan fingerprint density at radius 1 is 1.00 bits per heavy atom. The Balaban J connectivity index is 3.30. The van der Waals surface area contributed by atoms with Crippen LogP contribution < -0.4 is 10.6 Å². The van der Waals surface area contributed by atoms with Crippen LogP contribution in [-0.2, 0) is 5.41 Å². The van der Waals surface area contributed by atoms with Crippen LogP contribution in [0.3, 0.4) is 0 Å². The lowest BCUT2D eigenvalue weighted by atomic mass is 9.95. The predicted octanol–water partition coefficient (Wildman–Crippen LogP) is 3.72. The van der Waals surface area contributed by atoms with Crippen LogP contribution in [0.15, 0.2) is 0 Å². The third-order valence-electron chi connectivity index (χ3n) is 3.39. The summed E-state index contributed by atoms with van der Waals surface area (Å²) < 4.78 is 0. The van der Waals surface area contributed by atoms with Crippen LogP contribution in [0.4, 0.5) is 11.6 Å². The molecule has 0 fully saturated rings. The molecule has 0 saturated heterocycles. The van der Waals surface area contributed by atoms with Crippen LogP contribution in [0.25, 0.3) is 0 Å².